The van der Waals surface area contributed by atoms with Crippen molar-refractivity contribution in [3.05, 3.63) is 59.1 Å². The Morgan fingerprint density at radius 2 is 1.96 bits per heavy atom. The number of halogens is 1. The summed E-state index contributed by atoms with van der Waals surface area (Å²) in [6.07, 6.45) is 2.29. The summed E-state index contributed by atoms with van der Waals surface area (Å²) in [7, 11) is 0. The first-order chi connectivity index (χ1) is 11.8. The number of thioether (sulfide) groups is 1. The molecule has 0 saturated heterocycles. The SMILES string of the molecule is CCCCNc1nc(SCc2cccc(Cl)c2)nc2ccccc12. The zero-order valence-electron chi connectivity index (χ0n) is 13.6. The van der Waals surface area contributed by atoms with Gasteiger partial charge in [-0.2, -0.15) is 0 Å². The van der Waals surface area contributed by atoms with Crippen LogP contribution in [-0.2, 0) is 5.75 Å². The lowest BCUT2D eigenvalue weighted by Crippen LogP contribution is -2.05. The molecule has 0 saturated carbocycles. The van der Waals surface area contributed by atoms with Crippen molar-refractivity contribution >= 4 is 40.1 Å². The number of nitrogens with one attached hydrogen (secondary N) is 1. The molecule has 0 radical (unpaired) electrons. The van der Waals surface area contributed by atoms with Crippen LogP contribution in [0.4, 0.5) is 5.82 Å². The quantitative estimate of drug-likeness (QED) is 0.330. The van der Waals surface area contributed by atoms with Crippen LogP contribution in [0.15, 0.2) is 53.7 Å². The van der Waals surface area contributed by atoms with Gasteiger partial charge in [0, 0.05) is 22.7 Å². The zero-order valence-corrected chi connectivity index (χ0v) is 15.2. The number of hydrogen-bond acceptors (Lipinski definition) is 4. The van der Waals surface area contributed by atoms with Crippen LogP contribution >= 0.6 is 23.4 Å². The maximum Gasteiger partial charge on any atom is 0.190 e. The number of anilines is 1. The number of para-hydroxylation sites is 1. The van der Waals surface area contributed by atoms with Crippen molar-refractivity contribution in [2.75, 3.05) is 11.9 Å². The molecule has 0 spiro atoms. The number of aromatic nitrogens is 2. The van der Waals surface area contributed by atoms with Gasteiger partial charge < -0.3 is 5.32 Å². The lowest BCUT2D eigenvalue weighted by molar-refractivity contribution is 0.828. The Hall–Kier alpha value is -1.78. The van der Waals surface area contributed by atoms with Gasteiger partial charge in [-0.1, -0.05) is 61.0 Å². The molecule has 2 aromatic carbocycles. The third-order valence-corrected chi connectivity index (χ3v) is 4.82. The van der Waals surface area contributed by atoms with Crippen molar-refractivity contribution in [1.82, 2.24) is 9.97 Å². The first-order valence-electron chi connectivity index (χ1n) is 8.14. The molecule has 0 aliphatic heterocycles. The molecular formula is C19H20ClN3S. The van der Waals surface area contributed by atoms with Crippen LogP contribution in [0.3, 0.4) is 0 Å². The molecule has 0 fully saturated rings. The molecular weight excluding hydrogens is 338 g/mol. The fourth-order valence-corrected chi connectivity index (χ4v) is 3.42. The molecule has 0 atom stereocenters. The summed E-state index contributed by atoms with van der Waals surface area (Å²) >= 11 is 7.68. The van der Waals surface area contributed by atoms with Crippen molar-refractivity contribution in [3.8, 4) is 0 Å². The van der Waals surface area contributed by atoms with Crippen LogP contribution in [0.1, 0.15) is 25.3 Å². The lowest BCUT2D eigenvalue weighted by Gasteiger charge is -2.10. The fourth-order valence-electron chi connectivity index (χ4n) is 2.41. The summed E-state index contributed by atoms with van der Waals surface area (Å²) in [5.74, 6) is 1.72. The second-order valence-electron chi connectivity index (χ2n) is 5.57. The average molecular weight is 358 g/mol. The maximum atomic E-state index is 6.05. The Labute approximate surface area is 151 Å². The molecule has 1 aromatic heterocycles. The Kier molecular flexibility index (Phi) is 5.94. The van der Waals surface area contributed by atoms with Crippen LogP contribution in [-0.4, -0.2) is 16.5 Å². The van der Waals surface area contributed by atoms with Gasteiger partial charge >= 0.3 is 0 Å². The van der Waals surface area contributed by atoms with Crippen LogP contribution < -0.4 is 5.32 Å². The molecule has 3 rings (SSSR count). The highest BCUT2D eigenvalue weighted by Gasteiger charge is 2.08. The summed E-state index contributed by atoms with van der Waals surface area (Å²) in [6, 6.07) is 16.0. The normalized spacial score (nSPS) is 10.9. The van der Waals surface area contributed by atoms with Crippen LogP contribution in [0.2, 0.25) is 5.02 Å². The molecule has 0 unspecified atom stereocenters. The third kappa shape index (κ3) is 4.40. The van der Waals surface area contributed by atoms with Gasteiger partial charge in [0.15, 0.2) is 5.16 Å². The fraction of sp³-hybridized carbons (Fsp3) is 0.263. The Morgan fingerprint density at radius 1 is 1.08 bits per heavy atom. The van der Waals surface area contributed by atoms with Crippen LogP contribution in [0.5, 0.6) is 0 Å². The van der Waals surface area contributed by atoms with Gasteiger partial charge in [-0.25, -0.2) is 9.97 Å². The van der Waals surface area contributed by atoms with Crippen LogP contribution in [0.25, 0.3) is 10.9 Å². The van der Waals surface area contributed by atoms with E-state index in [0.717, 1.165) is 52.0 Å². The van der Waals surface area contributed by atoms with Crippen molar-refractivity contribution in [3.63, 3.8) is 0 Å². The van der Waals surface area contributed by atoms with Gasteiger partial charge in [-0.3, -0.25) is 0 Å². The van der Waals surface area contributed by atoms with E-state index in [1.54, 1.807) is 11.8 Å². The predicted octanol–water partition coefficient (Wildman–Crippen LogP) is 5.79. The largest absolute Gasteiger partial charge is 0.369 e. The highest BCUT2D eigenvalue weighted by molar-refractivity contribution is 7.98. The topological polar surface area (TPSA) is 37.8 Å². The highest BCUT2D eigenvalue weighted by atomic mass is 35.5. The number of benzene rings is 2. The molecule has 0 aliphatic carbocycles. The van der Waals surface area contributed by atoms with Crippen LogP contribution in [0, 0.1) is 0 Å². The van der Waals surface area contributed by atoms with Gasteiger partial charge in [0.1, 0.15) is 5.82 Å². The van der Waals surface area contributed by atoms with Crippen molar-refractivity contribution in [2.45, 2.75) is 30.7 Å². The minimum Gasteiger partial charge on any atom is -0.369 e. The summed E-state index contributed by atoms with van der Waals surface area (Å²) in [4.78, 5) is 9.40. The molecule has 3 aromatic rings. The smallest absolute Gasteiger partial charge is 0.190 e. The summed E-state index contributed by atoms with van der Waals surface area (Å²) < 4.78 is 0. The minimum atomic E-state index is 0.759. The second-order valence-corrected chi connectivity index (χ2v) is 6.95. The first kappa shape index (κ1) is 17.1. The van der Waals surface area contributed by atoms with Crippen molar-refractivity contribution in [1.29, 1.82) is 0 Å². The van der Waals surface area contributed by atoms with Gasteiger partial charge in [0.05, 0.1) is 5.52 Å². The number of hydrogen-bond donors (Lipinski definition) is 1. The van der Waals surface area contributed by atoms with E-state index in [4.69, 9.17) is 16.6 Å². The highest BCUT2D eigenvalue weighted by Crippen LogP contribution is 2.27. The van der Waals surface area contributed by atoms with Crippen molar-refractivity contribution in [2.24, 2.45) is 0 Å². The van der Waals surface area contributed by atoms with Gasteiger partial charge in [-0.15, -0.1) is 0 Å². The van der Waals surface area contributed by atoms with E-state index in [1.807, 2.05) is 36.4 Å². The molecule has 124 valence electrons. The predicted molar refractivity (Wildman–Crippen MR) is 104 cm³/mol. The van der Waals surface area contributed by atoms with E-state index in [9.17, 15) is 0 Å². The van der Waals surface area contributed by atoms with Gasteiger partial charge in [-0.05, 0) is 36.2 Å². The van der Waals surface area contributed by atoms with Crippen molar-refractivity contribution < 1.29 is 0 Å². The molecule has 5 heteroatoms. The van der Waals surface area contributed by atoms with E-state index in [-0.39, 0.29) is 0 Å². The van der Waals surface area contributed by atoms with E-state index in [2.05, 4.69) is 29.4 Å². The zero-order chi connectivity index (χ0) is 16.8. The molecule has 0 amide bonds. The maximum absolute atomic E-state index is 6.05. The molecule has 0 bridgehead atoms. The molecule has 24 heavy (non-hydrogen) atoms. The summed E-state index contributed by atoms with van der Waals surface area (Å²) in [5, 5.41) is 6.06. The molecule has 0 aliphatic rings. The Bertz CT molecular complexity index is 823. The minimum absolute atomic E-state index is 0.759. The van der Waals surface area contributed by atoms with Gasteiger partial charge in [0.2, 0.25) is 0 Å². The summed E-state index contributed by atoms with van der Waals surface area (Å²) in [5.41, 5.74) is 2.14. The first-order valence-corrected chi connectivity index (χ1v) is 9.50. The molecule has 3 nitrogen and oxygen atoms in total. The standard InChI is InChI=1S/C19H20ClN3S/c1-2-3-11-21-18-16-9-4-5-10-17(16)22-19(23-18)24-13-14-7-6-8-15(20)12-14/h4-10,12H,2-3,11,13H2,1H3,(H,21,22,23). The van der Waals surface area contributed by atoms with E-state index in [1.165, 1.54) is 5.56 Å². The average Bonchev–Trinajstić information content (AvgIpc) is 2.60. The third-order valence-electron chi connectivity index (χ3n) is 3.66. The van der Waals surface area contributed by atoms with E-state index >= 15 is 0 Å². The Balaban J connectivity index is 1.82. The molecule has 1 N–H and O–H groups in total. The van der Waals surface area contributed by atoms with Gasteiger partial charge in [0.25, 0.3) is 0 Å². The Morgan fingerprint density at radius 3 is 2.79 bits per heavy atom. The number of rotatable bonds is 7. The number of unbranched alkanes of at least 4 members (excludes halogenated alkanes) is 1. The molecule has 1 heterocycles. The van der Waals surface area contributed by atoms with E-state index < -0.39 is 0 Å². The lowest BCUT2D eigenvalue weighted by atomic mass is 10.2. The summed E-state index contributed by atoms with van der Waals surface area (Å²) in [6.45, 7) is 3.11. The number of fused-ring (bicyclic) bond motifs is 1. The number of nitrogens with zero attached hydrogens (tertiary/aromatic N) is 2. The second kappa shape index (κ2) is 8.36. The monoisotopic (exact) mass is 357 g/mol. The van der Waals surface area contributed by atoms with E-state index in [0.29, 0.717) is 0 Å².